The third-order valence-corrected chi connectivity index (χ3v) is 4.15. The van der Waals surface area contributed by atoms with Gasteiger partial charge in [-0.25, -0.2) is 0 Å². The van der Waals surface area contributed by atoms with Gasteiger partial charge < -0.3 is 14.2 Å². The second kappa shape index (κ2) is 5.61. The highest BCUT2D eigenvalue weighted by Crippen LogP contribution is 2.24. The summed E-state index contributed by atoms with van der Waals surface area (Å²) in [6.07, 6.45) is 4.06. The zero-order valence-electron chi connectivity index (χ0n) is 13.3. The van der Waals surface area contributed by atoms with Gasteiger partial charge in [-0.2, -0.15) is 0 Å². The van der Waals surface area contributed by atoms with Gasteiger partial charge in [0.05, 0.1) is 18.2 Å². The molecule has 3 rings (SSSR count). The molecule has 1 aromatic heterocycles. The Labute approximate surface area is 131 Å². The van der Waals surface area contributed by atoms with Crippen molar-refractivity contribution in [1.82, 2.24) is 9.47 Å². The normalized spacial score (nSPS) is 20.9. The SMILES string of the molecule is CC1CN(C(=O)c2ccc(-n3cccc3)cc2)C(C)(C)CO1. The molecule has 0 spiro atoms. The maximum absolute atomic E-state index is 12.8. The standard InChI is InChI=1S/C18H22N2O2/c1-14-12-20(18(2,3)13-22-14)17(21)15-6-8-16(9-7-15)19-10-4-5-11-19/h4-11,14H,12-13H2,1-3H3. The van der Waals surface area contributed by atoms with Crippen LogP contribution in [0, 0.1) is 0 Å². The first kappa shape index (κ1) is 14.9. The van der Waals surface area contributed by atoms with Crippen molar-refractivity contribution in [2.75, 3.05) is 13.2 Å². The molecule has 4 heteroatoms. The van der Waals surface area contributed by atoms with Gasteiger partial charge in [0.15, 0.2) is 0 Å². The van der Waals surface area contributed by atoms with Crippen LogP contribution < -0.4 is 0 Å². The number of morpholine rings is 1. The lowest BCUT2D eigenvalue weighted by atomic mass is 9.99. The first-order valence-corrected chi connectivity index (χ1v) is 7.64. The summed E-state index contributed by atoms with van der Waals surface area (Å²) >= 11 is 0. The summed E-state index contributed by atoms with van der Waals surface area (Å²) in [5, 5.41) is 0. The highest BCUT2D eigenvalue weighted by Gasteiger charge is 2.37. The van der Waals surface area contributed by atoms with Gasteiger partial charge >= 0.3 is 0 Å². The summed E-state index contributed by atoms with van der Waals surface area (Å²) in [6, 6.07) is 11.7. The topological polar surface area (TPSA) is 34.5 Å². The van der Waals surface area contributed by atoms with Crippen molar-refractivity contribution in [3.63, 3.8) is 0 Å². The molecule has 1 aromatic carbocycles. The van der Waals surface area contributed by atoms with Crippen LogP contribution in [0.2, 0.25) is 0 Å². The summed E-state index contributed by atoms with van der Waals surface area (Å²) in [7, 11) is 0. The molecule has 0 aliphatic carbocycles. The predicted octanol–water partition coefficient (Wildman–Crippen LogP) is 3.12. The first-order valence-electron chi connectivity index (χ1n) is 7.64. The molecule has 1 atom stereocenters. The molecule has 1 fully saturated rings. The van der Waals surface area contributed by atoms with Gasteiger partial charge in [0.1, 0.15) is 0 Å². The molecule has 0 N–H and O–H groups in total. The Balaban J connectivity index is 1.82. The van der Waals surface area contributed by atoms with Crippen molar-refractivity contribution in [2.45, 2.75) is 32.4 Å². The Morgan fingerprint density at radius 2 is 1.82 bits per heavy atom. The fourth-order valence-electron chi connectivity index (χ4n) is 2.78. The Morgan fingerprint density at radius 1 is 1.18 bits per heavy atom. The van der Waals surface area contributed by atoms with E-state index in [2.05, 4.69) is 0 Å². The molecule has 22 heavy (non-hydrogen) atoms. The van der Waals surface area contributed by atoms with E-state index in [0.29, 0.717) is 13.2 Å². The molecular formula is C18H22N2O2. The van der Waals surface area contributed by atoms with Gasteiger partial charge in [0, 0.05) is 30.2 Å². The van der Waals surface area contributed by atoms with E-state index < -0.39 is 0 Å². The van der Waals surface area contributed by atoms with E-state index in [-0.39, 0.29) is 17.6 Å². The largest absolute Gasteiger partial charge is 0.374 e. The number of ether oxygens (including phenoxy) is 1. The molecule has 1 saturated heterocycles. The molecule has 1 amide bonds. The fourth-order valence-corrected chi connectivity index (χ4v) is 2.78. The lowest BCUT2D eigenvalue weighted by Crippen LogP contribution is -2.57. The number of carbonyl (C=O) groups is 1. The Morgan fingerprint density at radius 3 is 2.45 bits per heavy atom. The van der Waals surface area contributed by atoms with Gasteiger partial charge in [-0.1, -0.05) is 0 Å². The van der Waals surface area contributed by atoms with Crippen LogP contribution >= 0.6 is 0 Å². The molecule has 0 radical (unpaired) electrons. The summed E-state index contributed by atoms with van der Waals surface area (Å²) < 4.78 is 7.70. The average molecular weight is 298 g/mol. The van der Waals surface area contributed by atoms with E-state index >= 15 is 0 Å². The second-order valence-electron chi connectivity index (χ2n) is 6.49. The monoisotopic (exact) mass is 298 g/mol. The Hall–Kier alpha value is -2.07. The second-order valence-corrected chi connectivity index (χ2v) is 6.49. The van der Waals surface area contributed by atoms with E-state index in [0.717, 1.165) is 11.3 Å². The van der Waals surface area contributed by atoms with Gasteiger partial charge in [0.2, 0.25) is 0 Å². The number of nitrogens with zero attached hydrogens (tertiary/aromatic N) is 2. The minimum Gasteiger partial charge on any atom is -0.374 e. The number of carbonyl (C=O) groups excluding carboxylic acids is 1. The maximum Gasteiger partial charge on any atom is 0.254 e. The Bertz CT molecular complexity index is 644. The summed E-state index contributed by atoms with van der Waals surface area (Å²) in [5.74, 6) is 0.0687. The summed E-state index contributed by atoms with van der Waals surface area (Å²) in [4.78, 5) is 14.7. The Kier molecular flexibility index (Phi) is 3.79. The smallest absolute Gasteiger partial charge is 0.254 e. The van der Waals surface area contributed by atoms with E-state index in [1.807, 2.05) is 79.0 Å². The lowest BCUT2D eigenvalue weighted by Gasteiger charge is -2.44. The van der Waals surface area contributed by atoms with Gasteiger partial charge in [-0.05, 0) is 57.2 Å². The maximum atomic E-state index is 12.8. The van der Waals surface area contributed by atoms with Crippen LogP contribution in [-0.4, -0.2) is 40.2 Å². The van der Waals surface area contributed by atoms with Crippen molar-refractivity contribution >= 4 is 5.91 Å². The van der Waals surface area contributed by atoms with E-state index in [9.17, 15) is 4.79 Å². The van der Waals surface area contributed by atoms with Crippen LogP contribution in [0.15, 0.2) is 48.8 Å². The molecular weight excluding hydrogens is 276 g/mol. The quantitative estimate of drug-likeness (QED) is 0.854. The highest BCUT2D eigenvalue weighted by molar-refractivity contribution is 5.95. The van der Waals surface area contributed by atoms with Crippen molar-refractivity contribution in [2.24, 2.45) is 0 Å². The van der Waals surface area contributed by atoms with Crippen LogP contribution in [0.25, 0.3) is 5.69 Å². The molecule has 4 nitrogen and oxygen atoms in total. The molecule has 1 aliphatic rings. The molecule has 0 bridgehead atoms. The number of amides is 1. The number of hydrogen-bond acceptors (Lipinski definition) is 2. The zero-order chi connectivity index (χ0) is 15.7. The molecule has 1 unspecified atom stereocenters. The third kappa shape index (κ3) is 2.79. The minimum absolute atomic E-state index is 0.0687. The number of benzene rings is 1. The fraction of sp³-hybridized carbons (Fsp3) is 0.389. The van der Waals surface area contributed by atoms with Gasteiger partial charge in [0.25, 0.3) is 5.91 Å². The predicted molar refractivity (Wildman–Crippen MR) is 86.3 cm³/mol. The van der Waals surface area contributed by atoms with Gasteiger partial charge in [-0.15, -0.1) is 0 Å². The van der Waals surface area contributed by atoms with Crippen molar-refractivity contribution in [3.8, 4) is 5.69 Å². The van der Waals surface area contributed by atoms with Crippen LogP contribution in [0.3, 0.4) is 0 Å². The van der Waals surface area contributed by atoms with E-state index in [1.54, 1.807) is 0 Å². The lowest BCUT2D eigenvalue weighted by molar-refractivity contribution is -0.0755. The third-order valence-electron chi connectivity index (χ3n) is 4.15. The number of hydrogen-bond donors (Lipinski definition) is 0. The van der Waals surface area contributed by atoms with Crippen molar-refractivity contribution in [1.29, 1.82) is 0 Å². The van der Waals surface area contributed by atoms with Crippen molar-refractivity contribution < 1.29 is 9.53 Å². The zero-order valence-corrected chi connectivity index (χ0v) is 13.3. The number of rotatable bonds is 2. The molecule has 2 aromatic rings. The minimum atomic E-state index is -0.275. The summed E-state index contributed by atoms with van der Waals surface area (Å²) in [5.41, 5.74) is 1.50. The van der Waals surface area contributed by atoms with E-state index in [4.69, 9.17) is 4.74 Å². The average Bonchev–Trinajstić information content (AvgIpc) is 3.04. The highest BCUT2D eigenvalue weighted by atomic mass is 16.5. The first-order chi connectivity index (χ1) is 10.5. The molecule has 2 heterocycles. The van der Waals surface area contributed by atoms with Crippen LogP contribution in [0.4, 0.5) is 0 Å². The van der Waals surface area contributed by atoms with E-state index in [1.165, 1.54) is 0 Å². The van der Waals surface area contributed by atoms with Crippen LogP contribution in [0.1, 0.15) is 31.1 Å². The number of aromatic nitrogens is 1. The van der Waals surface area contributed by atoms with Crippen LogP contribution in [0.5, 0.6) is 0 Å². The van der Waals surface area contributed by atoms with Gasteiger partial charge in [-0.3, -0.25) is 4.79 Å². The van der Waals surface area contributed by atoms with Crippen LogP contribution in [-0.2, 0) is 4.74 Å². The van der Waals surface area contributed by atoms with Crippen molar-refractivity contribution in [3.05, 3.63) is 54.4 Å². The summed E-state index contributed by atoms with van der Waals surface area (Å²) in [6.45, 7) is 7.30. The molecule has 1 aliphatic heterocycles. The molecule has 0 saturated carbocycles. The molecule has 116 valence electrons.